The average Bonchev–Trinajstić information content (AvgIpc) is 2.41. The number of aromatic carboxylic acids is 1. The van der Waals surface area contributed by atoms with Crippen molar-refractivity contribution in [2.45, 2.75) is 6.92 Å². The number of ether oxygens (including phenoxy) is 1. The zero-order valence-corrected chi connectivity index (χ0v) is 10.6. The molecule has 0 unspecified atom stereocenters. The van der Waals surface area contributed by atoms with E-state index in [0.29, 0.717) is 5.56 Å². The van der Waals surface area contributed by atoms with Gasteiger partial charge in [0.05, 0.1) is 10.5 Å². The zero-order valence-electron chi connectivity index (χ0n) is 10.6. The molecular weight excluding hydrogens is 262 g/mol. The summed E-state index contributed by atoms with van der Waals surface area (Å²) in [6, 6.07) is 10.3. The first-order valence-corrected chi connectivity index (χ1v) is 5.74. The zero-order chi connectivity index (χ0) is 14.7. The largest absolute Gasteiger partial charge is 0.478 e. The minimum absolute atomic E-state index is 0.0594. The summed E-state index contributed by atoms with van der Waals surface area (Å²) in [4.78, 5) is 21.3. The lowest BCUT2D eigenvalue weighted by Gasteiger charge is -2.09. The Morgan fingerprint density at radius 1 is 1.20 bits per heavy atom. The van der Waals surface area contributed by atoms with Gasteiger partial charge < -0.3 is 9.84 Å². The fourth-order valence-corrected chi connectivity index (χ4v) is 1.66. The van der Waals surface area contributed by atoms with Crippen LogP contribution in [0.4, 0.5) is 5.69 Å². The first-order chi connectivity index (χ1) is 9.49. The van der Waals surface area contributed by atoms with E-state index in [1.165, 1.54) is 30.3 Å². The molecule has 0 atom stereocenters. The van der Waals surface area contributed by atoms with Crippen LogP contribution in [-0.2, 0) is 0 Å². The first kappa shape index (κ1) is 13.5. The molecule has 1 N–H and O–H groups in total. The van der Waals surface area contributed by atoms with Crippen molar-refractivity contribution in [3.63, 3.8) is 0 Å². The van der Waals surface area contributed by atoms with E-state index >= 15 is 0 Å². The Hall–Kier alpha value is -2.89. The average molecular weight is 273 g/mol. The Morgan fingerprint density at radius 3 is 2.55 bits per heavy atom. The number of carboxylic acids is 1. The number of nitrogens with zero attached hydrogens (tertiary/aromatic N) is 1. The van der Waals surface area contributed by atoms with Gasteiger partial charge in [0.2, 0.25) is 5.75 Å². The van der Waals surface area contributed by atoms with E-state index in [-0.39, 0.29) is 22.7 Å². The van der Waals surface area contributed by atoms with Crippen molar-refractivity contribution in [2.75, 3.05) is 0 Å². The molecule has 0 spiro atoms. The molecule has 0 fully saturated rings. The molecule has 0 saturated carbocycles. The van der Waals surface area contributed by atoms with Crippen LogP contribution in [0.1, 0.15) is 15.9 Å². The summed E-state index contributed by atoms with van der Waals surface area (Å²) >= 11 is 0. The predicted octanol–water partition coefficient (Wildman–Crippen LogP) is 3.39. The summed E-state index contributed by atoms with van der Waals surface area (Å²) in [5, 5.41) is 19.8. The van der Waals surface area contributed by atoms with Gasteiger partial charge in [0.25, 0.3) is 0 Å². The number of carboxylic acid groups (broad SMARTS) is 1. The topological polar surface area (TPSA) is 89.7 Å². The maximum absolute atomic E-state index is 10.9. The maximum atomic E-state index is 10.9. The van der Waals surface area contributed by atoms with Crippen molar-refractivity contribution >= 4 is 11.7 Å². The molecule has 0 aliphatic rings. The number of para-hydroxylation sites is 2. The lowest BCUT2D eigenvalue weighted by molar-refractivity contribution is -0.385. The van der Waals surface area contributed by atoms with Gasteiger partial charge in [-0.2, -0.15) is 0 Å². The molecule has 2 aromatic carbocycles. The lowest BCUT2D eigenvalue weighted by atomic mass is 10.1. The van der Waals surface area contributed by atoms with Crippen molar-refractivity contribution < 1.29 is 19.6 Å². The third-order valence-electron chi connectivity index (χ3n) is 2.72. The molecule has 0 amide bonds. The number of carbonyl (C=O) groups is 1. The van der Waals surface area contributed by atoms with Gasteiger partial charge in [-0.05, 0) is 30.7 Å². The Morgan fingerprint density at radius 2 is 1.90 bits per heavy atom. The van der Waals surface area contributed by atoms with Crippen molar-refractivity contribution in [1.82, 2.24) is 0 Å². The van der Waals surface area contributed by atoms with E-state index in [4.69, 9.17) is 9.84 Å². The number of aryl methyl sites for hydroxylation is 1. The quantitative estimate of drug-likeness (QED) is 0.681. The number of nitro benzene ring substituents is 1. The van der Waals surface area contributed by atoms with Gasteiger partial charge in [0.15, 0.2) is 0 Å². The van der Waals surface area contributed by atoms with Gasteiger partial charge in [-0.1, -0.05) is 18.2 Å². The SMILES string of the molecule is Cc1ccc(C(=O)O)cc1Oc1ccccc1[N+](=O)[O-]. The minimum atomic E-state index is -1.09. The number of hydrogen-bond acceptors (Lipinski definition) is 4. The first-order valence-electron chi connectivity index (χ1n) is 5.74. The van der Waals surface area contributed by atoms with Gasteiger partial charge in [-0.15, -0.1) is 0 Å². The number of benzene rings is 2. The van der Waals surface area contributed by atoms with Crippen LogP contribution < -0.4 is 4.74 Å². The molecule has 102 valence electrons. The van der Waals surface area contributed by atoms with Gasteiger partial charge in [-0.25, -0.2) is 4.79 Å². The molecule has 20 heavy (non-hydrogen) atoms. The van der Waals surface area contributed by atoms with Crippen LogP contribution in [0, 0.1) is 17.0 Å². The Bertz CT molecular complexity index is 681. The number of nitro groups is 1. The van der Waals surface area contributed by atoms with E-state index in [2.05, 4.69) is 0 Å². The second kappa shape index (κ2) is 5.40. The van der Waals surface area contributed by atoms with Crippen LogP contribution in [0.3, 0.4) is 0 Å². The summed E-state index contributed by atoms with van der Waals surface area (Å²) in [6.45, 7) is 1.73. The number of rotatable bonds is 4. The summed E-state index contributed by atoms with van der Waals surface area (Å²) in [5.74, 6) is -0.736. The Kier molecular flexibility index (Phi) is 3.65. The highest BCUT2D eigenvalue weighted by Gasteiger charge is 2.16. The predicted molar refractivity (Wildman–Crippen MR) is 71.3 cm³/mol. The van der Waals surface area contributed by atoms with Crippen LogP contribution in [0.25, 0.3) is 0 Å². The summed E-state index contributed by atoms with van der Waals surface area (Å²) in [5.41, 5.74) is 0.574. The second-order valence-electron chi connectivity index (χ2n) is 4.11. The minimum Gasteiger partial charge on any atom is -0.478 e. The molecule has 0 bridgehead atoms. The van der Waals surface area contributed by atoms with Crippen LogP contribution in [0.2, 0.25) is 0 Å². The highest BCUT2D eigenvalue weighted by Crippen LogP contribution is 2.32. The third-order valence-corrected chi connectivity index (χ3v) is 2.72. The molecule has 2 aromatic rings. The Labute approximate surface area is 114 Å². The summed E-state index contributed by atoms with van der Waals surface area (Å²) in [7, 11) is 0. The fraction of sp³-hybridized carbons (Fsp3) is 0.0714. The Balaban J connectivity index is 2.42. The van der Waals surface area contributed by atoms with E-state index in [1.54, 1.807) is 19.1 Å². The van der Waals surface area contributed by atoms with Gasteiger partial charge >= 0.3 is 11.7 Å². The molecule has 0 aromatic heterocycles. The highest BCUT2D eigenvalue weighted by molar-refractivity contribution is 5.88. The number of hydrogen-bond donors (Lipinski definition) is 1. The van der Waals surface area contributed by atoms with Crippen LogP contribution in [0.5, 0.6) is 11.5 Å². The third kappa shape index (κ3) is 2.74. The molecular formula is C14H11NO5. The van der Waals surface area contributed by atoms with Crippen molar-refractivity contribution in [2.24, 2.45) is 0 Å². The van der Waals surface area contributed by atoms with E-state index in [0.717, 1.165) is 0 Å². The van der Waals surface area contributed by atoms with Crippen molar-refractivity contribution in [1.29, 1.82) is 0 Å². The molecule has 0 heterocycles. The van der Waals surface area contributed by atoms with Crippen LogP contribution in [-0.4, -0.2) is 16.0 Å². The molecule has 6 nitrogen and oxygen atoms in total. The smallest absolute Gasteiger partial charge is 0.335 e. The fourth-order valence-electron chi connectivity index (χ4n) is 1.66. The molecule has 0 saturated heterocycles. The maximum Gasteiger partial charge on any atom is 0.335 e. The summed E-state index contributed by atoms with van der Waals surface area (Å²) in [6.07, 6.45) is 0. The van der Waals surface area contributed by atoms with Crippen LogP contribution in [0.15, 0.2) is 42.5 Å². The van der Waals surface area contributed by atoms with E-state index in [9.17, 15) is 14.9 Å². The van der Waals surface area contributed by atoms with Crippen LogP contribution >= 0.6 is 0 Å². The van der Waals surface area contributed by atoms with Crippen molar-refractivity contribution in [3.8, 4) is 11.5 Å². The molecule has 0 aliphatic carbocycles. The van der Waals surface area contributed by atoms with Crippen molar-refractivity contribution in [3.05, 3.63) is 63.7 Å². The van der Waals surface area contributed by atoms with Gasteiger partial charge in [0, 0.05) is 6.07 Å². The normalized spacial score (nSPS) is 10.1. The standard InChI is InChI=1S/C14H11NO5/c1-9-6-7-10(14(16)17)8-13(9)20-12-5-3-2-4-11(12)15(18)19/h2-8H,1H3,(H,16,17). The monoisotopic (exact) mass is 273 g/mol. The van der Waals surface area contributed by atoms with E-state index in [1.807, 2.05) is 0 Å². The second-order valence-corrected chi connectivity index (χ2v) is 4.11. The molecule has 2 rings (SSSR count). The van der Waals surface area contributed by atoms with E-state index < -0.39 is 10.9 Å². The lowest BCUT2D eigenvalue weighted by Crippen LogP contribution is -1.99. The molecule has 6 heteroatoms. The molecule has 0 aliphatic heterocycles. The molecule has 0 radical (unpaired) electrons. The summed E-state index contributed by atoms with van der Waals surface area (Å²) < 4.78 is 5.49. The highest BCUT2D eigenvalue weighted by atomic mass is 16.6. The van der Waals surface area contributed by atoms with Gasteiger partial charge in [0.1, 0.15) is 5.75 Å². The van der Waals surface area contributed by atoms with Gasteiger partial charge in [-0.3, -0.25) is 10.1 Å².